The molecule has 5 nitrogen and oxygen atoms in total. The van der Waals surface area contributed by atoms with Crippen molar-refractivity contribution in [1.29, 1.82) is 0 Å². The Morgan fingerprint density at radius 3 is 2.06 bits per heavy atom. The van der Waals surface area contributed by atoms with Gasteiger partial charge in [0.2, 0.25) is 0 Å². The fourth-order valence-corrected chi connectivity index (χ4v) is 6.69. The second-order valence-corrected chi connectivity index (χ2v) is 22.8. The molecule has 0 saturated heterocycles. The van der Waals surface area contributed by atoms with Gasteiger partial charge in [-0.2, -0.15) is 0 Å². The number of nitrogens with one attached hydrogen (secondary N) is 1. The van der Waals surface area contributed by atoms with Crippen LogP contribution in [0.1, 0.15) is 59.9 Å². The van der Waals surface area contributed by atoms with Gasteiger partial charge in [0.05, 0.1) is 6.10 Å². The maximum atomic E-state index is 11.7. The maximum absolute atomic E-state index is 11.7. The average molecular weight is 508 g/mol. The van der Waals surface area contributed by atoms with Gasteiger partial charge in [-0.3, -0.25) is 0 Å². The molecule has 1 unspecified atom stereocenters. The van der Waals surface area contributed by atoms with Crippen LogP contribution in [-0.4, -0.2) is 46.6 Å². The van der Waals surface area contributed by atoms with E-state index in [0.717, 1.165) is 18.4 Å². The van der Waals surface area contributed by atoms with E-state index in [2.05, 4.69) is 85.2 Å². The van der Waals surface area contributed by atoms with Crippen LogP contribution < -0.4 is 5.32 Å². The van der Waals surface area contributed by atoms with E-state index >= 15 is 0 Å². The Hall–Kier alpha value is -1.16. The Bertz CT molecular complexity index is 799. The van der Waals surface area contributed by atoms with Crippen LogP contribution in [0.15, 0.2) is 30.3 Å². The first-order valence-corrected chi connectivity index (χ1v) is 18.6. The normalized spacial score (nSPS) is 23.1. The first kappa shape index (κ1) is 29.1. The van der Waals surface area contributed by atoms with E-state index in [1.807, 2.05) is 18.2 Å². The second-order valence-electron chi connectivity index (χ2n) is 13.2. The van der Waals surface area contributed by atoms with E-state index in [1.54, 1.807) is 0 Å². The van der Waals surface area contributed by atoms with Crippen molar-refractivity contribution in [1.82, 2.24) is 5.32 Å². The zero-order chi connectivity index (χ0) is 25.9. The zero-order valence-electron chi connectivity index (χ0n) is 23.2. The number of amides is 1. The molecule has 34 heavy (non-hydrogen) atoms. The Balaban J connectivity index is 2.27. The summed E-state index contributed by atoms with van der Waals surface area (Å²) < 4.78 is 13.6. The number of carbonyl (C=O) groups is 1. The minimum absolute atomic E-state index is 0.101. The average Bonchev–Trinajstić information content (AvgIpc) is 3.07. The summed E-state index contributed by atoms with van der Waals surface area (Å²) in [4.78, 5) is 11.7. The molecule has 194 valence electrons. The first-order chi connectivity index (χ1) is 15.4. The van der Waals surface area contributed by atoms with Crippen molar-refractivity contribution < 1.29 is 18.8 Å². The van der Waals surface area contributed by atoms with Gasteiger partial charge in [0.25, 0.3) is 0 Å². The van der Waals surface area contributed by atoms with Crippen molar-refractivity contribution >= 4 is 22.7 Å². The van der Waals surface area contributed by atoms with Crippen molar-refractivity contribution in [2.45, 2.75) is 109 Å². The third kappa shape index (κ3) is 7.67. The lowest BCUT2D eigenvalue weighted by molar-refractivity contribution is 0.101. The highest BCUT2D eigenvalue weighted by Gasteiger charge is 2.47. The Morgan fingerprint density at radius 1 is 1.00 bits per heavy atom. The SMILES string of the molecule is CC(C)(C)[Si](C)(C)OC[C@@H]1C[C@@H](C(Cc2ccccc2)NC(=O)O)C[C@@H]1O[Si](C)(C)C(C)(C)C. The lowest BCUT2D eigenvalue weighted by Crippen LogP contribution is -2.46. The lowest BCUT2D eigenvalue weighted by Gasteiger charge is -2.41. The van der Waals surface area contributed by atoms with Crippen molar-refractivity contribution in [3.05, 3.63) is 35.9 Å². The standard InChI is InChI=1S/C27H49NO4Si2/c1-26(2,3)33(7,8)31-19-22-17-21(18-24(22)32-34(9,10)27(4,5)6)23(28-25(29)30)16-20-14-12-11-13-15-20/h11-15,21-24,28H,16-19H2,1-10H3,(H,29,30)/t21-,22+,23?,24+/m1/s1. The highest BCUT2D eigenvalue weighted by atomic mass is 28.4. The van der Waals surface area contributed by atoms with Crippen molar-refractivity contribution in [3.63, 3.8) is 0 Å². The largest absolute Gasteiger partial charge is 0.465 e. The second kappa shape index (κ2) is 10.8. The maximum Gasteiger partial charge on any atom is 0.404 e. The molecule has 7 heteroatoms. The number of benzene rings is 1. The minimum Gasteiger partial charge on any atom is -0.465 e. The Morgan fingerprint density at radius 2 is 1.56 bits per heavy atom. The van der Waals surface area contributed by atoms with Gasteiger partial charge in [0.1, 0.15) is 0 Å². The smallest absolute Gasteiger partial charge is 0.404 e. The van der Waals surface area contributed by atoms with Gasteiger partial charge in [-0.1, -0.05) is 71.9 Å². The number of rotatable bonds is 9. The Labute approximate surface area is 210 Å². The van der Waals surface area contributed by atoms with E-state index in [9.17, 15) is 9.90 Å². The third-order valence-electron chi connectivity index (χ3n) is 8.56. The van der Waals surface area contributed by atoms with Crippen LogP contribution in [-0.2, 0) is 15.3 Å². The minimum atomic E-state index is -1.97. The van der Waals surface area contributed by atoms with Crippen molar-refractivity contribution in [2.24, 2.45) is 11.8 Å². The quantitative estimate of drug-likeness (QED) is 0.344. The van der Waals surface area contributed by atoms with Crippen LogP contribution in [0, 0.1) is 11.8 Å². The molecule has 2 N–H and O–H groups in total. The molecule has 1 amide bonds. The summed E-state index contributed by atoms with van der Waals surface area (Å²) in [6, 6.07) is 10.0. The molecule has 1 aliphatic rings. The molecule has 0 aliphatic heterocycles. The van der Waals surface area contributed by atoms with Crippen LogP contribution in [0.4, 0.5) is 4.79 Å². The molecule has 1 aromatic carbocycles. The molecule has 0 radical (unpaired) electrons. The fourth-order valence-electron chi connectivity index (χ4n) is 4.23. The molecule has 4 atom stereocenters. The summed E-state index contributed by atoms with van der Waals surface area (Å²) in [5, 5.41) is 12.7. The topological polar surface area (TPSA) is 67.8 Å². The molecule has 0 spiro atoms. The van der Waals surface area contributed by atoms with E-state index in [4.69, 9.17) is 8.85 Å². The Kier molecular flexibility index (Phi) is 9.28. The summed E-state index contributed by atoms with van der Waals surface area (Å²) in [5.41, 5.74) is 1.16. The van der Waals surface area contributed by atoms with E-state index in [0.29, 0.717) is 13.0 Å². The predicted octanol–water partition coefficient (Wildman–Crippen LogP) is 7.30. The third-order valence-corrected chi connectivity index (χ3v) is 17.6. The number of carboxylic acid groups (broad SMARTS) is 1. The fraction of sp³-hybridized carbons (Fsp3) is 0.741. The molecular formula is C27H49NO4Si2. The number of hydrogen-bond donors (Lipinski definition) is 2. The van der Waals surface area contributed by atoms with E-state index in [1.165, 1.54) is 0 Å². The van der Waals surface area contributed by atoms with Gasteiger partial charge in [-0.05, 0) is 67.0 Å². The van der Waals surface area contributed by atoms with Crippen molar-refractivity contribution in [3.8, 4) is 0 Å². The summed E-state index contributed by atoms with van der Waals surface area (Å²) in [6.45, 7) is 23.5. The van der Waals surface area contributed by atoms with Gasteiger partial charge < -0.3 is 19.3 Å². The highest BCUT2D eigenvalue weighted by Crippen LogP contribution is 2.44. The first-order valence-electron chi connectivity index (χ1n) is 12.8. The van der Waals surface area contributed by atoms with Gasteiger partial charge in [0, 0.05) is 18.6 Å². The van der Waals surface area contributed by atoms with Crippen LogP contribution >= 0.6 is 0 Å². The highest BCUT2D eigenvalue weighted by molar-refractivity contribution is 6.74. The summed E-state index contributed by atoms with van der Waals surface area (Å²) in [6.07, 6.45) is 1.63. The van der Waals surface area contributed by atoms with Crippen LogP contribution in [0.25, 0.3) is 0 Å². The van der Waals surface area contributed by atoms with Gasteiger partial charge in [-0.15, -0.1) is 0 Å². The van der Waals surface area contributed by atoms with Crippen LogP contribution in [0.5, 0.6) is 0 Å². The van der Waals surface area contributed by atoms with Crippen LogP contribution in [0.2, 0.25) is 36.3 Å². The van der Waals surface area contributed by atoms with Gasteiger partial charge in [-0.25, -0.2) is 4.79 Å². The molecule has 1 aromatic rings. The monoisotopic (exact) mass is 507 g/mol. The molecule has 2 rings (SSSR count). The summed E-state index contributed by atoms with van der Waals surface area (Å²) >= 11 is 0. The van der Waals surface area contributed by atoms with Crippen molar-refractivity contribution in [2.75, 3.05) is 6.61 Å². The lowest BCUT2D eigenvalue weighted by atomic mass is 9.91. The molecule has 1 fully saturated rings. The van der Waals surface area contributed by atoms with E-state index < -0.39 is 22.7 Å². The molecule has 0 bridgehead atoms. The van der Waals surface area contributed by atoms with E-state index in [-0.39, 0.29) is 34.1 Å². The number of hydrogen-bond acceptors (Lipinski definition) is 3. The molecule has 0 heterocycles. The van der Waals surface area contributed by atoms with Crippen LogP contribution in [0.3, 0.4) is 0 Å². The zero-order valence-corrected chi connectivity index (χ0v) is 25.2. The molecular weight excluding hydrogens is 458 g/mol. The van der Waals surface area contributed by atoms with Gasteiger partial charge in [0.15, 0.2) is 16.6 Å². The predicted molar refractivity (Wildman–Crippen MR) is 147 cm³/mol. The summed E-state index contributed by atoms with van der Waals surface area (Å²) in [7, 11) is -3.86. The molecule has 0 aromatic heterocycles. The molecule has 1 aliphatic carbocycles. The van der Waals surface area contributed by atoms with Gasteiger partial charge >= 0.3 is 6.09 Å². The summed E-state index contributed by atoms with van der Waals surface area (Å²) in [5.74, 6) is 0.501. The molecule has 1 saturated carbocycles.